The molecule has 0 N–H and O–H groups in total. The fraction of sp³-hybridized carbons (Fsp3) is 0.0800. The number of rotatable bonds is 4. The number of alkyl halides is 3. The van der Waals surface area contributed by atoms with E-state index in [0.717, 1.165) is 17.5 Å². The third-order valence-corrected chi connectivity index (χ3v) is 5.69. The minimum absolute atomic E-state index is 0.00675. The van der Waals surface area contributed by atoms with Crippen LogP contribution in [-0.4, -0.2) is 15.7 Å². The summed E-state index contributed by atoms with van der Waals surface area (Å²) < 4.78 is 45.0. The van der Waals surface area contributed by atoms with Gasteiger partial charge >= 0.3 is 11.9 Å². The van der Waals surface area contributed by atoms with Crippen molar-refractivity contribution in [3.05, 3.63) is 100 Å². The molecule has 0 fully saturated rings. The molecule has 0 saturated carbocycles. The Morgan fingerprint density at radius 2 is 1.86 bits per heavy atom. The van der Waals surface area contributed by atoms with Crippen LogP contribution in [0.25, 0.3) is 27.5 Å². The number of ether oxygens (including phenoxy) is 1. The first-order chi connectivity index (χ1) is 16.7. The van der Waals surface area contributed by atoms with Gasteiger partial charge in [0.1, 0.15) is 29.2 Å². The zero-order valence-electron chi connectivity index (χ0n) is 17.8. The van der Waals surface area contributed by atoms with Gasteiger partial charge in [0.25, 0.3) is 5.65 Å². The molecule has 35 heavy (non-hydrogen) atoms. The third kappa shape index (κ3) is 4.38. The molecule has 5 aromatic rings. The molecule has 0 aliphatic heterocycles. The highest BCUT2D eigenvalue weighted by Crippen LogP contribution is 2.30. The van der Waals surface area contributed by atoms with E-state index in [1.54, 1.807) is 30.3 Å². The first-order valence-corrected chi connectivity index (χ1v) is 10.7. The number of halogens is 4. The zero-order chi connectivity index (χ0) is 24.7. The van der Waals surface area contributed by atoms with Crippen molar-refractivity contribution in [3.8, 4) is 22.8 Å². The quantitative estimate of drug-likeness (QED) is 0.209. The molecule has 0 spiro atoms. The molecule has 3 aromatic heterocycles. The van der Waals surface area contributed by atoms with Crippen LogP contribution in [0.15, 0.2) is 83.9 Å². The standard InChI is InChI=1S/C25H15ClF3N3O3/c26-20-9-8-15(13-30-20)14-32-22-19-7-2-1-4-16(19)10-11-31(22)23(33)21(24(32)34)17-5-3-6-18(12-17)35-25(27,28)29/h1-13H,14H2. The highest BCUT2D eigenvalue weighted by molar-refractivity contribution is 6.29. The van der Waals surface area contributed by atoms with E-state index in [1.807, 2.05) is 12.1 Å². The van der Waals surface area contributed by atoms with Gasteiger partial charge in [0.2, 0.25) is 0 Å². The van der Waals surface area contributed by atoms with Gasteiger partial charge < -0.3 is 9.84 Å². The van der Waals surface area contributed by atoms with E-state index in [9.17, 15) is 23.1 Å². The van der Waals surface area contributed by atoms with Crippen molar-refractivity contribution in [2.45, 2.75) is 12.9 Å². The van der Waals surface area contributed by atoms with Gasteiger partial charge in [0.15, 0.2) is 0 Å². The van der Waals surface area contributed by atoms with Crippen molar-refractivity contribution >= 4 is 28.0 Å². The Balaban J connectivity index is 1.81. The number of aromatic nitrogens is 3. The minimum atomic E-state index is -4.92. The lowest BCUT2D eigenvalue weighted by atomic mass is 10.1. The van der Waals surface area contributed by atoms with E-state index in [4.69, 9.17) is 11.6 Å². The van der Waals surface area contributed by atoms with Crippen LogP contribution in [0, 0.1) is 0 Å². The highest BCUT2D eigenvalue weighted by atomic mass is 35.5. The van der Waals surface area contributed by atoms with E-state index < -0.39 is 23.6 Å². The molecule has 0 aliphatic rings. The van der Waals surface area contributed by atoms with E-state index in [0.29, 0.717) is 16.6 Å². The molecule has 3 heterocycles. The molecule has 10 heteroatoms. The van der Waals surface area contributed by atoms with Crippen LogP contribution >= 0.6 is 11.6 Å². The monoisotopic (exact) mass is 497 g/mol. The number of hydrogen-bond donors (Lipinski definition) is 0. The van der Waals surface area contributed by atoms with E-state index in [-0.39, 0.29) is 22.8 Å². The first-order valence-electron chi connectivity index (χ1n) is 10.3. The number of pyridine rings is 2. The van der Waals surface area contributed by atoms with Crippen molar-refractivity contribution in [1.82, 2.24) is 9.38 Å². The second-order valence-electron chi connectivity index (χ2n) is 7.73. The summed E-state index contributed by atoms with van der Waals surface area (Å²) in [6.07, 6.45) is -1.87. The molecule has 176 valence electrons. The van der Waals surface area contributed by atoms with Crippen LogP contribution in [0.5, 0.6) is 11.6 Å². The topological polar surface area (TPSA) is 70.5 Å². The predicted octanol–water partition coefficient (Wildman–Crippen LogP) is 4.48. The minimum Gasteiger partial charge on any atom is -0.842 e. The average molecular weight is 498 g/mol. The molecule has 5 rings (SSSR count). The van der Waals surface area contributed by atoms with Gasteiger partial charge in [0.05, 0.1) is 11.3 Å². The van der Waals surface area contributed by atoms with Crippen LogP contribution < -0.4 is 20.0 Å². The maximum Gasteiger partial charge on any atom is 0.573 e. The van der Waals surface area contributed by atoms with E-state index >= 15 is 0 Å². The molecular formula is C25H15ClF3N3O3. The largest absolute Gasteiger partial charge is 0.842 e. The maximum absolute atomic E-state index is 13.8. The van der Waals surface area contributed by atoms with Crippen LogP contribution in [0.4, 0.5) is 13.2 Å². The summed E-state index contributed by atoms with van der Waals surface area (Å²) in [5, 5.41) is 15.5. The van der Waals surface area contributed by atoms with E-state index in [2.05, 4.69) is 9.72 Å². The van der Waals surface area contributed by atoms with Crippen LogP contribution in [0.1, 0.15) is 5.56 Å². The molecular weight excluding hydrogens is 483 g/mol. The number of fused-ring (bicyclic) bond motifs is 3. The Labute approximate surface area is 201 Å². The van der Waals surface area contributed by atoms with Crippen LogP contribution in [0.2, 0.25) is 5.15 Å². The third-order valence-electron chi connectivity index (χ3n) is 5.47. The fourth-order valence-corrected chi connectivity index (χ4v) is 4.12. The Hall–Kier alpha value is -4.11. The van der Waals surface area contributed by atoms with Crippen molar-refractivity contribution in [2.75, 3.05) is 0 Å². The van der Waals surface area contributed by atoms with Gasteiger partial charge in [-0.1, -0.05) is 48.0 Å². The highest BCUT2D eigenvalue weighted by Gasteiger charge is 2.31. The Morgan fingerprint density at radius 1 is 1.06 bits per heavy atom. The summed E-state index contributed by atoms with van der Waals surface area (Å²) in [4.78, 5) is 17.5. The molecule has 0 bridgehead atoms. The zero-order valence-corrected chi connectivity index (χ0v) is 18.5. The van der Waals surface area contributed by atoms with Crippen LogP contribution in [0.3, 0.4) is 0 Å². The lowest BCUT2D eigenvalue weighted by molar-refractivity contribution is -0.707. The summed E-state index contributed by atoms with van der Waals surface area (Å²) in [5.74, 6) is -1.20. The first kappa shape index (κ1) is 22.7. The molecule has 0 amide bonds. The fourth-order valence-electron chi connectivity index (χ4n) is 4.01. The summed E-state index contributed by atoms with van der Waals surface area (Å²) in [7, 11) is 0. The van der Waals surface area contributed by atoms with E-state index in [1.165, 1.54) is 33.5 Å². The molecule has 0 saturated heterocycles. The summed E-state index contributed by atoms with van der Waals surface area (Å²) in [6.45, 7) is 0.0481. The van der Waals surface area contributed by atoms with Gasteiger partial charge in [-0.3, -0.25) is 0 Å². The number of hydrogen-bond acceptors (Lipinski definition) is 4. The van der Waals surface area contributed by atoms with Crippen molar-refractivity contribution in [3.63, 3.8) is 0 Å². The molecule has 0 atom stereocenters. The van der Waals surface area contributed by atoms with Gasteiger partial charge in [0, 0.05) is 11.8 Å². The number of benzene rings is 2. The van der Waals surface area contributed by atoms with Crippen molar-refractivity contribution < 1.29 is 27.6 Å². The maximum atomic E-state index is 13.8. The lowest BCUT2D eigenvalue weighted by Gasteiger charge is -2.18. The normalized spacial score (nSPS) is 11.8. The second kappa shape index (κ2) is 8.59. The molecule has 6 nitrogen and oxygen atoms in total. The number of nitrogens with zero attached hydrogens (tertiary/aromatic N) is 3. The molecule has 0 radical (unpaired) electrons. The van der Waals surface area contributed by atoms with Gasteiger partial charge in [-0.05, 0) is 41.3 Å². The molecule has 0 unspecified atom stereocenters. The van der Waals surface area contributed by atoms with Crippen molar-refractivity contribution in [2.24, 2.45) is 0 Å². The lowest BCUT2D eigenvalue weighted by Crippen LogP contribution is -2.44. The second-order valence-corrected chi connectivity index (χ2v) is 8.12. The average Bonchev–Trinajstić information content (AvgIpc) is 2.82. The molecule has 2 aromatic carbocycles. The van der Waals surface area contributed by atoms with Crippen LogP contribution in [-0.2, 0) is 6.54 Å². The van der Waals surface area contributed by atoms with Gasteiger partial charge in [-0.25, -0.2) is 14.3 Å². The SMILES string of the molecule is O=c1c(-c2cccc(OC(F)(F)F)c2)c([O-])[n+](Cc2ccc(Cl)nc2)c2c3ccccc3ccn12. The summed E-state index contributed by atoms with van der Waals surface area (Å²) in [6, 6.07) is 17.1. The van der Waals surface area contributed by atoms with Gasteiger partial charge in [-0.15, -0.1) is 13.2 Å². The Morgan fingerprint density at radius 3 is 2.60 bits per heavy atom. The smallest absolute Gasteiger partial charge is 0.573 e. The predicted molar refractivity (Wildman–Crippen MR) is 121 cm³/mol. The Kier molecular flexibility index (Phi) is 5.56. The molecule has 0 aliphatic carbocycles. The summed E-state index contributed by atoms with van der Waals surface area (Å²) in [5.41, 5.74) is 0.0506. The summed E-state index contributed by atoms with van der Waals surface area (Å²) >= 11 is 5.89. The van der Waals surface area contributed by atoms with Crippen molar-refractivity contribution in [1.29, 1.82) is 0 Å². The Bertz CT molecular complexity index is 1630. The van der Waals surface area contributed by atoms with Gasteiger partial charge in [-0.2, -0.15) is 4.40 Å².